The minimum absolute atomic E-state index is 0.150. The molecular weight excluding hydrogens is 379 g/mol. The summed E-state index contributed by atoms with van der Waals surface area (Å²) < 4.78 is 20.6. The number of aromatic nitrogens is 1. The summed E-state index contributed by atoms with van der Waals surface area (Å²) in [5.74, 6) is -0.682. The van der Waals surface area contributed by atoms with Crippen molar-refractivity contribution in [2.75, 3.05) is 18.6 Å². The lowest BCUT2D eigenvalue weighted by atomic mass is 10.1. The van der Waals surface area contributed by atoms with E-state index < -0.39 is 5.82 Å². The number of ether oxygens (including phenoxy) is 1. The molecule has 156 valence electrons. The first kappa shape index (κ1) is 21.5. The minimum Gasteiger partial charge on any atom is -0.490 e. The van der Waals surface area contributed by atoms with Crippen molar-refractivity contribution < 1.29 is 13.9 Å². The number of pyridine rings is 1. The number of anilines is 1. The third kappa shape index (κ3) is 5.23. The Kier molecular flexibility index (Phi) is 7.55. The van der Waals surface area contributed by atoms with Gasteiger partial charge in [0.1, 0.15) is 0 Å². The maximum absolute atomic E-state index is 15.0. The second-order valence-electron chi connectivity index (χ2n) is 7.12. The lowest BCUT2D eigenvalue weighted by molar-refractivity contribution is 0.0992. The maximum atomic E-state index is 15.0. The van der Waals surface area contributed by atoms with Crippen LogP contribution in [0.3, 0.4) is 0 Å². The molecule has 1 amide bonds. The van der Waals surface area contributed by atoms with Crippen molar-refractivity contribution in [2.24, 2.45) is 0 Å². The zero-order valence-electron chi connectivity index (χ0n) is 17.5. The number of fused-ring (bicyclic) bond motifs is 1. The highest BCUT2D eigenvalue weighted by molar-refractivity contribution is 6.07. The highest BCUT2D eigenvalue weighted by Gasteiger charge is 2.19. The minimum atomic E-state index is -0.536. The number of allylic oxidation sites excluding steroid dienone is 1. The van der Waals surface area contributed by atoms with E-state index in [9.17, 15) is 9.18 Å². The summed E-state index contributed by atoms with van der Waals surface area (Å²) in [6.07, 6.45) is 10.00. The molecule has 3 aromatic rings. The molecule has 0 bridgehead atoms. The van der Waals surface area contributed by atoms with Crippen molar-refractivity contribution in [1.82, 2.24) is 4.98 Å². The predicted octanol–water partition coefficient (Wildman–Crippen LogP) is 6.17. The van der Waals surface area contributed by atoms with Crippen LogP contribution in [-0.4, -0.2) is 24.5 Å². The highest BCUT2D eigenvalue weighted by atomic mass is 19.1. The molecule has 0 saturated heterocycles. The van der Waals surface area contributed by atoms with Gasteiger partial charge in [-0.1, -0.05) is 44.1 Å². The Morgan fingerprint density at radius 2 is 1.97 bits per heavy atom. The summed E-state index contributed by atoms with van der Waals surface area (Å²) in [4.78, 5) is 18.5. The Morgan fingerprint density at radius 1 is 1.13 bits per heavy atom. The normalized spacial score (nSPS) is 11.2. The number of unbranched alkanes of at least 4 members (excludes halogenated alkanes) is 2. The Labute approximate surface area is 177 Å². The number of hydrogen-bond donors (Lipinski definition) is 0. The first-order valence-electron chi connectivity index (χ1n) is 10.3. The van der Waals surface area contributed by atoms with Gasteiger partial charge in [0.25, 0.3) is 5.91 Å². The van der Waals surface area contributed by atoms with E-state index in [1.807, 2.05) is 12.1 Å². The Morgan fingerprint density at radius 3 is 2.80 bits per heavy atom. The summed E-state index contributed by atoms with van der Waals surface area (Å²) in [6.45, 7) is 2.55. The summed E-state index contributed by atoms with van der Waals surface area (Å²) in [7, 11) is 1.56. The van der Waals surface area contributed by atoms with Gasteiger partial charge in [0.05, 0.1) is 17.8 Å². The van der Waals surface area contributed by atoms with Crippen LogP contribution in [0.25, 0.3) is 10.9 Å². The fourth-order valence-corrected chi connectivity index (χ4v) is 3.18. The van der Waals surface area contributed by atoms with Gasteiger partial charge in [-0.2, -0.15) is 0 Å². The molecule has 0 aliphatic carbocycles. The lowest BCUT2D eigenvalue weighted by Gasteiger charge is -2.19. The van der Waals surface area contributed by atoms with Crippen LogP contribution in [0.2, 0.25) is 0 Å². The maximum Gasteiger partial charge on any atom is 0.258 e. The van der Waals surface area contributed by atoms with Gasteiger partial charge in [0.2, 0.25) is 0 Å². The zero-order valence-corrected chi connectivity index (χ0v) is 17.5. The standard InChI is InChI=1S/C25H27FN2O2/c1-3-4-5-6-7-8-17-30-23-13-9-12-22(24(23)26)28(2)25(29)20-14-15-21-19(18-20)11-10-16-27-21/h6-7,9-16,18H,3-5,8,17H2,1-2H3. The molecule has 0 unspecified atom stereocenters. The van der Waals surface area contributed by atoms with Crippen LogP contribution in [0.1, 0.15) is 43.0 Å². The molecule has 30 heavy (non-hydrogen) atoms. The van der Waals surface area contributed by atoms with Gasteiger partial charge in [-0.05, 0) is 49.2 Å². The average Bonchev–Trinajstić information content (AvgIpc) is 2.78. The van der Waals surface area contributed by atoms with Crippen LogP contribution in [0.15, 0.2) is 66.9 Å². The molecule has 3 rings (SSSR count). The molecule has 1 aromatic heterocycles. The fourth-order valence-electron chi connectivity index (χ4n) is 3.18. The van der Waals surface area contributed by atoms with Crippen molar-refractivity contribution in [2.45, 2.75) is 32.6 Å². The quantitative estimate of drug-likeness (QED) is 0.315. The van der Waals surface area contributed by atoms with Crippen molar-refractivity contribution >= 4 is 22.5 Å². The lowest BCUT2D eigenvalue weighted by Crippen LogP contribution is -2.27. The van der Waals surface area contributed by atoms with Gasteiger partial charge in [-0.25, -0.2) is 4.39 Å². The fraction of sp³-hybridized carbons (Fsp3) is 0.280. The second kappa shape index (κ2) is 10.5. The molecule has 0 saturated carbocycles. The number of rotatable bonds is 9. The number of amides is 1. The molecule has 0 atom stereocenters. The van der Waals surface area contributed by atoms with Crippen LogP contribution in [0.5, 0.6) is 5.75 Å². The SMILES string of the molecule is CCCCC=CCCOc1cccc(N(C)C(=O)c2ccc3ncccc3c2)c1F. The molecule has 0 aliphatic rings. The number of hydrogen-bond acceptors (Lipinski definition) is 3. The molecule has 0 fully saturated rings. The van der Waals surface area contributed by atoms with Crippen LogP contribution in [0, 0.1) is 5.82 Å². The van der Waals surface area contributed by atoms with Gasteiger partial charge in [-0.15, -0.1) is 0 Å². The second-order valence-corrected chi connectivity index (χ2v) is 7.12. The Hall–Kier alpha value is -3.21. The monoisotopic (exact) mass is 406 g/mol. The van der Waals surface area contributed by atoms with E-state index in [1.165, 1.54) is 17.7 Å². The number of benzene rings is 2. The first-order chi connectivity index (χ1) is 14.6. The molecule has 0 spiro atoms. The van der Waals surface area contributed by atoms with Gasteiger partial charge in [0.15, 0.2) is 11.6 Å². The van der Waals surface area contributed by atoms with Gasteiger partial charge in [-0.3, -0.25) is 9.78 Å². The Bertz CT molecular complexity index is 1030. The molecule has 5 heteroatoms. The van der Waals surface area contributed by atoms with Crippen molar-refractivity contribution in [3.05, 3.63) is 78.3 Å². The molecule has 0 radical (unpaired) electrons. The third-order valence-corrected chi connectivity index (χ3v) is 4.89. The zero-order chi connectivity index (χ0) is 21.3. The number of carbonyl (C=O) groups is 1. The smallest absolute Gasteiger partial charge is 0.258 e. The van der Waals surface area contributed by atoms with E-state index in [4.69, 9.17) is 4.74 Å². The van der Waals surface area contributed by atoms with Crippen LogP contribution in [-0.2, 0) is 0 Å². The van der Waals surface area contributed by atoms with Gasteiger partial charge >= 0.3 is 0 Å². The predicted molar refractivity (Wildman–Crippen MR) is 120 cm³/mol. The van der Waals surface area contributed by atoms with Crippen molar-refractivity contribution in [3.63, 3.8) is 0 Å². The van der Waals surface area contributed by atoms with E-state index >= 15 is 0 Å². The van der Waals surface area contributed by atoms with Crippen LogP contribution >= 0.6 is 0 Å². The largest absolute Gasteiger partial charge is 0.490 e. The average molecular weight is 407 g/mol. The van der Waals surface area contributed by atoms with Gasteiger partial charge in [0, 0.05) is 24.2 Å². The number of nitrogens with zero attached hydrogens (tertiary/aromatic N) is 2. The van der Waals surface area contributed by atoms with E-state index in [-0.39, 0.29) is 17.3 Å². The molecule has 2 aromatic carbocycles. The first-order valence-corrected chi connectivity index (χ1v) is 10.3. The highest BCUT2D eigenvalue weighted by Crippen LogP contribution is 2.28. The molecule has 0 aliphatic heterocycles. The van der Waals surface area contributed by atoms with Crippen LogP contribution in [0.4, 0.5) is 10.1 Å². The molecule has 1 heterocycles. The molecule has 0 N–H and O–H groups in total. The van der Waals surface area contributed by atoms with Crippen LogP contribution < -0.4 is 9.64 Å². The molecule has 4 nitrogen and oxygen atoms in total. The number of halogens is 1. The Balaban J connectivity index is 1.69. The summed E-state index contributed by atoms with van der Waals surface area (Å²) in [5.41, 5.74) is 1.46. The van der Waals surface area contributed by atoms with Crippen molar-refractivity contribution in [3.8, 4) is 5.75 Å². The third-order valence-electron chi connectivity index (χ3n) is 4.89. The van der Waals surface area contributed by atoms with Gasteiger partial charge < -0.3 is 9.64 Å². The topological polar surface area (TPSA) is 42.4 Å². The van der Waals surface area contributed by atoms with E-state index in [2.05, 4.69) is 24.1 Å². The summed E-state index contributed by atoms with van der Waals surface area (Å²) >= 11 is 0. The van der Waals surface area contributed by atoms with E-state index in [0.29, 0.717) is 18.6 Å². The van der Waals surface area contributed by atoms with Crippen molar-refractivity contribution in [1.29, 1.82) is 0 Å². The summed E-state index contributed by atoms with van der Waals surface area (Å²) in [6, 6.07) is 13.8. The van der Waals surface area contributed by atoms with E-state index in [0.717, 1.165) is 17.3 Å². The number of carbonyl (C=O) groups excluding carboxylic acids is 1. The van der Waals surface area contributed by atoms with E-state index in [1.54, 1.807) is 49.6 Å². The molecular formula is C25H27FN2O2. The summed E-state index contributed by atoms with van der Waals surface area (Å²) in [5, 5.41) is 0.862.